The molecule has 0 aromatic carbocycles. The molecule has 0 heterocycles. The van der Waals surface area contributed by atoms with Gasteiger partial charge in [-0.3, -0.25) is 9.59 Å². The highest BCUT2D eigenvalue weighted by atomic mass is 16.5. The zero-order valence-corrected chi connectivity index (χ0v) is 17.3. The van der Waals surface area contributed by atoms with Crippen molar-refractivity contribution in [2.75, 3.05) is 6.61 Å². The van der Waals surface area contributed by atoms with Crippen LogP contribution in [0.3, 0.4) is 0 Å². The van der Waals surface area contributed by atoms with Crippen molar-refractivity contribution in [2.45, 2.75) is 79.2 Å². The number of ether oxygens (including phenoxy) is 1. The molecule has 0 spiro atoms. The summed E-state index contributed by atoms with van der Waals surface area (Å²) in [7, 11) is 0. The van der Waals surface area contributed by atoms with Gasteiger partial charge in [0.05, 0.1) is 11.0 Å². The van der Waals surface area contributed by atoms with Crippen molar-refractivity contribution >= 4 is 11.8 Å². The molecular formula is C22H36O4. The lowest BCUT2D eigenvalue weighted by Gasteiger charge is -2.30. The van der Waals surface area contributed by atoms with Gasteiger partial charge in [0.1, 0.15) is 12.4 Å². The minimum absolute atomic E-state index is 0.116. The van der Waals surface area contributed by atoms with Crippen LogP contribution in [-0.2, 0) is 14.3 Å². The van der Waals surface area contributed by atoms with Gasteiger partial charge in [0.15, 0.2) is 0 Å². The number of carbonyl (C=O) groups is 2. The molecule has 0 fully saturated rings. The van der Waals surface area contributed by atoms with Crippen LogP contribution in [0.1, 0.15) is 73.6 Å². The van der Waals surface area contributed by atoms with Crippen LogP contribution in [0.5, 0.6) is 0 Å². The highest BCUT2D eigenvalue weighted by Crippen LogP contribution is 2.33. The average molecular weight is 365 g/mol. The first-order valence-electron chi connectivity index (χ1n) is 9.69. The standard InChI is InChI=1S/C22H36O4/c1-16(2)19-9-12-21(5,15-26-18(4)23)20(24)14-17(3)8-7-11-22(6,25)13-10-19/h8,10,13,16,19,25H,7,9,11-12,14-15H2,1-6H3. The zero-order chi connectivity index (χ0) is 20.0. The molecule has 0 radical (unpaired) electrons. The van der Waals surface area contributed by atoms with E-state index in [2.05, 4.69) is 19.9 Å². The van der Waals surface area contributed by atoms with Gasteiger partial charge in [-0.1, -0.05) is 37.6 Å². The molecule has 26 heavy (non-hydrogen) atoms. The predicted molar refractivity (Wildman–Crippen MR) is 105 cm³/mol. The molecule has 1 aliphatic carbocycles. The van der Waals surface area contributed by atoms with Gasteiger partial charge in [-0.05, 0) is 58.3 Å². The summed E-state index contributed by atoms with van der Waals surface area (Å²) in [6.07, 6.45) is 9.22. The average Bonchev–Trinajstić information content (AvgIpc) is 2.51. The monoisotopic (exact) mass is 364 g/mol. The molecule has 0 bridgehead atoms. The van der Waals surface area contributed by atoms with Gasteiger partial charge in [0.2, 0.25) is 0 Å². The molecule has 3 atom stereocenters. The van der Waals surface area contributed by atoms with Crippen LogP contribution in [0, 0.1) is 17.3 Å². The Hall–Kier alpha value is -1.42. The number of hydrogen-bond acceptors (Lipinski definition) is 4. The van der Waals surface area contributed by atoms with Crippen molar-refractivity contribution in [1.82, 2.24) is 0 Å². The molecule has 4 heteroatoms. The van der Waals surface area contributed by atoms with Crippen molar-refractivity contribution in [3.63, 3.8) is 0 Å². The zero-order valence-electron chi connectivity index (χ0n) is 17.3. The van der Waals surface area contributed by atoms with E-state index < -0.39 is 11.0 Å². The Balaban J connectivity index is 3.13. The molecule has 0 saturated carbocycles. The Morgan fingerprint density at radius 2 is 2.00 bits per heavy atom. The van der Waals surface area contributed by atoms with Crippen molar-refractivity contribution in [2.24, 2.45) is 17.3 Å². The minimum atomic E-state index is -0.844. The van der Waals surface area contributed by atoms with Gasteiger partial charge < -0.3 is 9.84 Å². The van der Waals surface area contributed by atoms with E-state index in [4.69, 9.17) is 4.74 Å². The Labute approximate surface area is 158 Å². The number of rotatable bonds is 3. The lowest BCUT2D eigenvalue weighted by molar-refractivity contribution is -0.147. The summed E-state index contributed by atoms with van der Waals surface area (Å²) in [5.41, 5.74) is -0.523. The third-order valence-corrected chi connectivity index (χ3v) is 5.44. The van der Waals surface area contributed by atoms with Crippen LogP contribution >= 0.6 is 0 Å². The molecule has 0 amide bonds. The Morgan fingerprint density at radius 3 is 2.58 bits per heavy atom. The largest absolute Gasteiger partial charge is 0.465 e. The highest BCUT2D eigenvalue weighted by Gasteiger charge is 2.35. The van der Waals surface area contributed by atoms with Gasteiger partial charge in [-0.15, -0.1) is 0 Å². The van der Waals surface area contributed by atoms with Crippen molar-refractivity contribution in [3.05, 3.63) is 23.8 Å². The summed E-state index contributed by atoms with van der Waals surface area (Å²) in [5, 5.41) is 10.6. The molecule has 1 rings (SSSR count). The highest BCUT2D eigenvalue weighted by molar-refractivity contribution is 5.86. The quantitative estimate of drug-likeness (QED) is 0.586. The molecular weight excluding hydrogens is 328 g/mol. The second-order valence-electron chi connectivity index (χ2n) is 8.69. The smallest absolute Gasteiger partial charge is 0.302 e. The molecule has 3 unspecified atom stereocenters. The first-order chi connectivity index (χ1) is 11.9. The van der Waals surface area contributed by atoms with Gasteiger partial charge in [-0.25, -0.2) is 0 Å². The van der Waals surface area contributed by atoms with Gasteiger partial charge in [0, 0.05) is 13.3 Å². The van der Waals surface area contributed by atoms with Crippen LogP contribution < -0.4 is 0 Å². The fraction of sp³-hybridized carbons (Fsp3) is 0.727. The lowest BCUT2D eigenvalue weighted by atomic mass is 9.76. The maximum absolute atomic E-state index is 13.0. The Morgan fingerprint density at radius 1 is 1.35 bits per heavy atom. The summed E-state index contributed by atoms with van der Waals surface area (Å²) in [5.74, 6) is 0.427. The van der Waals surface area contributed by atoms with E-state index >= 15 is 0 Å². The first-order valence-corrected chi connectivity index (χ1v) is 9.69. The molecule has 0 saturated heterocycles. The summed E-state index contributed by atoms with van der Waals surface area (Å²) in [6, 6.07) is 0. The van der Waals surface area contributed by atoms with Gasteiger partial charge in [-0.2, -0.15) is 0 Å². The maximum atomic E-state index is 13.0. The Kier molecular flexibility index (Phi) is 8.26. The molecule has 1 aliphatic rings. The number of Topliss-reactive ketones (excluding diaryl/α,β-unsaturated/α-hetero) is 1. The van der Waals surface area contributed by atoms with Crippen molar-refractivity contribution in [3.8, 4) is 0 Å². The molecule has 0 aromatic heterocycles. The van der Waals surface area contributed by atoms with E-state index in [1.807, 2.05) is 32.9 Å². The van der Waals surface area contributed by atoms with E-state index in [1.54, 1.807) is 0 Å². The molecule has 1 N–H and O–H groups in total. The van der Waals surface area contributed by atoms with Gasteiger partial charge >= 0.3 is 5.97 Å². The third kappa shape index (κ3) is 7.45. The third-order valence-electron chi connectivity index (χ3n) is 5.44. The lowest BCUT2D eigenvalue weighted by Crippen LogP contribution is -2.34. The summed E-state index contributed by atoms with van der Waals surface area (Å²) in [6.45, 7) is 11.5. The van der Waals surface area contributed by atoms with Crippen LogP contribution in [0.4, 0.5) is 0 Å². The van der Waals surface area contributed by atoms with Gasteiger partial charge in [0.25, 0.3) is 0 Å². The number of hydrogen-bond donors (Lipinski definition) is 1. The van der Waals surface area contributed by atoms with Crippen molar-refractivity contribution in [1.29, 1.82) is 0 Å². The minimum Gasteiger partial charge on any atom is -0.465 e. The van der Waals surface area contributed by atoms with E-state index in [0.717, 1.165) is 18.4 Å². The van der Waals surface area contributed by atoms with E-state index in [1.165, 1.54) is 6.92 Å². The van der Waals surface area contributed by atoms with E-state index in [-0.39, 0.29) is 24.3 Å². The number of carbonyl (C=O) groups excluding carboxylic acids is 2. The molecule has 0 aliphatic heterocycles. The summed E-state index contributed by atoms with van der Waals surface area (Å²) >= 11 is 0. The second-order valence-corrected chi connectivity index (χ2v) is 8.69. The van der Waals surface area contributed by atoms with Crippen LogP contribution in [-0.4, -0.2) is 29.1 Å². The predicted octanol–water partition coefficient (Wildman–Crippen LogP) is 4.61. The fourth-order valence-corrected chi connectivity index (χ4v) is 3.25. The topological polar surface area (TPSA) is 63.6 Å². The van der Waals surface area contributed by atoms with E-state index in [9.17, 15) is 14.7 Å². The van der Waals surface area contributed by atoms with Crippen LogP contribution in [0.25, 0.3) is 0 Å². The summed E-state index contributed by atoms with van der Waals surface area (Å²) < 4.78 is 5.23. The maximum Gasteiger partial charge on any atom is 0.302 e. The number of aliphatic hydroxyl groups is 1. The molecule has 4 nitrogen and oxygen atoms in total. The van der Waals surface area contributed by atoms with E-state index in [0.29, 0.717) is 25.2 Å². The fourth-order valence-electron chi connectivity index (χ4n) is 3.25. The number of esters is 1. The SMILES string of the molecule is CC(=O)OCC1(C)CCC(C(C)C)C=CC(C)(O)CCC=C(C)CC1=O. The molecule has 148 valence electrons. The number of allylic oxidation sites excluding steroid dienone is 3. The first kappa shape index (κ1) is 22.6. The van der Waals surface area contributed by atoms with Crippen LogP contribution in [0.2, 0.25) is 0 Å². The molecule has 0 aromatic rings. The normalized spacial score (nSPS) is 31.6. The van der Waals surface area contributed by atoms with Crippen molar-refractivity contribution < 1.29 is 19.4 Å². The summed E-state index contributed by atoms with van der Waals surface area (Å²) in [4.78, 5) is 24.2. The second kappa shape index (κ2) is 9.50. The Bertz CT molecular complexity index is 556. The van der Waals surface area contributed by atoms with Crippen LogP contribution in [0.15, 0.2) is 23.8 Å². The number of ketones is 1.